The zero-order chi connectivity index (χ0) is 52.2. The van der Waals surface area contributed by atoms with Crippen molar-refractivity contribution in [3.63, 3.8) is 0 Å². The van der Waals surface area contributed by atoms with Crippen molar-refractivity contribution in [1.82, 2.24) is 5.32 Å². The Labute approximate surface area is 449 Å². The highest BCUT2D eigenvalue weighted by Gasteiger charge is 2.18. The van der Waals surface area contributed by atoms with Crippen LogP contribution in [0.3, 0.4) is 0 Å². The molecule has 0 aliphatic heterocycles. The van der Waals surface area contributed by atoms with Crippen molar-refractivity contribution in [3.8, 4) is 0 Å². The van der Waals surface area contributed by atoms with Gasteiger partial charge in [0, 0.05) is 12.8 Å². The summed E-state index contributed by atoms with van der Waals surface area (Å²) in [6.07, 6.45) is 77.6. The first kappa shape index (κ1) is 70.1. The Hall–Kier alpha value is -1.92. The van der Waals surface area contributed by atoms with Crippen LogP contribution in [-0.2, 0) is 14.3 Å². The van der Waals surface area contributed by atoms with Gasteiger partial charge in [-0.1, -0.05) is 288 Å². The molecule has 6 nitrogen and oxygen atoms in total. The maximum atomic E-state index is 12.5. The third-order valence-corrected chi connectivity index (χ3v) is 14.9. The van der Waals surface area contributed by atoms with E-state index in [2.05, 4.69) is 43.5 Å². The number of amides is 1. The van der Waals surface area contributed by atoms with Crippen LogP contribution >= 0.6 is 0 Å². The second kappa shape index (κ2) is 61.6. The molecule has 6 heteroatoms. The third-order valence-electron chi connectivity index (χ3n) is 14.9. The zero-order valence-corrected chi connectivity index (χ0v) is 48.4. The average molecular weight is 1010 g/mol. The van der Waals surface area contributed by atoms with Gasteiger partial charge in [-0.3, -0.25) is 9.59 Å². The number of hydrogen-bond acceptors (Lipinski definition) is 5. The van der Waals surface area contributed by atoms with Gasteiger partial charge in [0.05, 0.1) is 25.4 Å². The number of carbonyl (C=O) groups is 2. The van der Waals surface area contributed by atoms with Crippen molar-refractivity contribution >= 4 is 11.9 Å². The Morgan fingerprint density at radius 3 is 0.986 bits per heavy atom. The van der Waals surface area contributed by atoms with Gasteiger partial charge in [0.2, 0.25) is 5.91 Å². The molecule has 0 aromatic rings. The van der Waals surface area contributed by atoms with E-state index in [1.54, 1.807) is 6.08 Å². The van der Waals surface area contributed by atoms with Crippen LogP contribution in [0.15, 0.2) is 36.5 Å². The molecule has 72 heavy (non-hydrogen) atoms. The molecular weight excluding hydrogens is 887 g/mol. The van der Waals surface area contributed by atoms with Crippen LogP contribution in [0.2, 0.25) is 0 Å². The van der Waals surface area contributed by atoms with Gasteiger partial charge in [0.15, 0.2) is 0 Å². The second-order valence-corrected chi connectivity index (χ2v) is 22.1. The van der Waals surface area contributed by atoms with E-state index in [4.69, 9.17) is 4.74 Å². The molecule has 0 heterocycles. The van der Waals surface area contributed by atoms with Crippen LogP contribution in [0.4, 0.5) is 0 Å². The van der Waals surface area contributed by atoms with Gasteiger partial charge in [-0.05, 0) is 83.5 Å². The van der Waals surface area contributed by atoms with Crippen LogP contribution < -0.4 is 5.32 Å². The summed E-state index contributed by atoms with van der Waals surface area (Å²) in [6, 6.07) is -0.635. The Balaban J connectivity index is 3.44. The number of aliphatic hydroxyl groups is 2. The smallest absolute Gasteiger partial charge is 0.305 e. The van der Waals surface area contributed by atoms with Crippen molar-refractivity contribution < 1.29 is 24.5 Å². The summed E-state index contributed by atoms with van der Waals surface area (Å²) in [7, 11) is 0. The molecule has 0 aliphatic rings. The van der Waals surface area contributed by atoms with Gasteiger partial charge in [-0.25, -0.2) is 0 Å². The van der Waals surface area contributed by atoms with E-state index < -0.39 is 12.1 Å². The molecule has 0 aromatic heterocycles. The standard InChI is InChI=1S/C66H125NO5/c1-3-5-7-9-11-13-15-17-19-21-24-28-32-36-40-44-48-52-56-60-66(71)72-61-57-53-49-45-41-37-33-29-26-23-22-25-27-31-35-39-43-47-51-55-59-65(70)67-63(62-68)64(69)58-54-50-46-42-38-34-30-20-18-16-14-12-10-8-6-4-2/h17,19,22,25,54,58,63-64,68-69H,3-16,18,20-21,23-24,26-53,55-57,59-62H2,1-2H3,(H,67,70)/b19-17-,25-22-,58-54+. The van der Waals surface area contributed by atoms with E-state index in [1.807, 2.05) is 6.08 Å². The largest absolute Gasteiger partial charge is 0.466 e. The van der Waals surface area contributed by atoms with Gasteiger partial charge in [-0.15, -0.1) is 0 Å². The summed E-state index contributed by atoms with van der Waals surface area (Å²) in [5.74, 6) is -0.0698. The first-order valence-electron chi connectivity index (χ1n) is 32.3. The van der Waals surface area contributed by atoms with Crippen molar-refractivity contribution in [2.45, 2.75) is 360 Å². The van der Waals surface area contributed by atoms with Gasteiger partial charge < -0.3 is 20.3 Å². The topological polar surface area (TPSA) is 95.9 Å². The summed E-state index contributed by atoms with van der Waals surface area (Å²) in [5, 5.41) is 23.1. The minimum Gasteiger partial charge on any atom is -0.466 e. The van der Waals surface area contributed by atoms with Crippen LogP contribution in [0, 0.1) is 0 Å². The fourth-order valence-electron chi connectivity index (χ4n) is 9.92. The second-order valence-electron chi connectivity index (χ2n) is 22.1. The third kappa shape index (κ3) is 57.4. The molecule has 0 bridgehead atoms. The zero-order valence-electron chi connectivity index (χ0n) is 48.4. The van der Waals surface area contributed by atoms with E-state index in [9.17, 15) is 19.8 Å². The van der Waals surface area contributed by atoms with E-state index in [-0.39, 0.29) is 18.5 Å². The highest BCUT2D eigenvalue weighted by Crippen LogP contribution is 2.17. The minimum atomic E-state index is -0.850. The summed E-state index contributed by atoms with van der Waals surface area (Å²) in [6.45, 7) is 4.91. The fraction of sp³-hybridized carbons (Fsp3) is 0.879. The maximum absolute atomic E-state index is 12.5. The minimum absolute atomic E-state index is 0.00533. The highest BCUT2D eigenvalue weighted by atomic mass is 16.5. The number of allylic oxidation sites excluding steroid dienone is 5. The predicted molar refractivity (Wildman–Crippen MR) is 315 cm³/mol. The lowest BCUT2D eigenvalue weighted by Crippen LogP contribution is -2.45. The van der Waals surface area contributed by atoms with Crippen LogP contribution in [-0.4, -0.2) is 47.4 Å². The Kier molecular flexibility index (Phi) is 60.0. The van der Waals surface area contributed by atoms with Crippen LogP contribution in [0.25, 0.3) is 0 Å². The number of hydrogen-bond donors (Lipinski definition) is 3. The molecule has 2 unspecified atom stereocenters. The summed E-state index contributed by atoms with van der Waals surface area (Å²) >= 11 is 0. The van der Waals surface area contributed by atoms with Gasteiger partial charge in [-0.2, -0.15) is 0 Å². The number of esters is 1. The van der Waals surface area contributed by atoms with E-state index in [1.165, 1.54) is 270 Å². The highest BCUT2D eigenvalue weighted by molar-refractivity contribution is 5.76. The number of aliphatic hydroxyl groups excluding tert-OH is 2. The number of unbranched alkanes of at least 4 members (excludes halogenated alkanes) is 45. The molecular formula is C66H125NO5. The monoisotopic (exact) mass is 1010 g/mol. The van der Waals surface area contributed by atoms with E-state index in [0.29, 0.717) is 19.4 Å². The number of carbonyl (C=O) groups excluding carboxylic acids is 2. The van der Waals surface area contributed by atoms with Crippen molar-refractivity contribution in [2.75, 3.05) is 13.2 Å². The molecule has 0 saturated heterocycles. The molecule has 2 atom stereocenters. The summed E-state index contributed by atoms with van der Waals surface area (Å²) < 4.78 is 5.50. The first-order chi connectivity index (χ1) is 35.5. The molecule has 424 valence electrons. The predicted octanol–water partition coefficient (Wildman–Crippen LogP) is 20.4. The van der Waals surface area contributed by atoms with E-state index >= 15 is 0 Å². The number of rotatable bonds is 60. The lowest BCUT2D eigenvalue weighted by Gasteiger charge is -2.20. The summed E-state index contributed by atoms with van der Waals surface area (Å²) in [5.41, 5.74) is 0. The summed E-state index contributed by atoms with van der Waals surface area (Å²) in [4.78, 5) is 24.6. The molecule has 3 N–H and O–H groups in total. The quantitative estimate of drug-likeness (QED) is 0.0320. The SMILES string of the molecule is CCCCCCCC/C=C\CCCCCCCCCCCC(=O)OCCCCCCCCCCC/C=C\CCCCCCCCCC(=O)NC(CO)C(O)/C=C/CCCCCCCCCCCCCCCC. The maximum Gasteiger partial charge on any atom is 0.305 e. The molecule has 0 fully saturated rings. The van der Waals surface area contributed by atoms with Crippen molar-refractivity contribution in [1.29, 1.82) is 0 Å². The normalized spacial score (nSPS) is 12.8. The lowest BCUT2D eigenvalue weighted by atomic mass is 10.0. The average Bonchev–Trinajstić information content (AvgIpc) is 3.38. The first-order valence-corrected chi connectivity index (χ1v) is 32.3. The molecule has 0 spiro atoms. The van der Waals surface area contributed by atoms with Crippen LogP contribution in [0.5, 0.6) is 0 Å². The molecule has 0 saturated carbocycles. The van der Waals surface area contributed by atoms with Crippen molar-refractivity contribution in [3.05, 3.63) is 36.5 Å². The van der Waals surface area contributed by atoms with Gasteiger partial charge >= 0.3 is 5.97 Å². The van der Waals surface area contributed by atoms with Crippen LogP contribution in [0.1, 0.15) is 348 Å². The van der Waals surface area contributed by atoms with Crippen molar-refractivity contribution in [2.24, 2.45) is 0 Å². The van der Waals surface area contributed by atoms with E-state index in [0.717, 1.165) is 51.4 Å². The Morgan fingerprint density at radius 1 is 0.375 bits per heavy atom. The molecule has 0 rings (SSSR count). The number of nitrogens with one attached hydrogen (secondary N) is 1. The van der Waals surface area contributed by atoms with Gasteiger partial charge in [0.1, 0.15) is 0 Å². The Bertz CT molecular complexity index is 1170. The fourth-order valence-corrected chi connectivity index (χ4v) is 9.92. The lowest BCUT2D eigenvalue weighted by molar-refractivity contribution is -0.143. The Morgan fingerprint density at radius 2 is 0.653 bits per heavy atom. The van der Waals surface area contributed by atoms with Gasteiger partial charge in [0.25, 0.3) is 0 Å². The number of ether oxygens (including phenoxy) is 1. The molecule has 1 amide bonds. The molecule has 0 aromatic carbocycles. The molecule has 0 aliphatic carbocycles. The molecule has 0 radical (unpaired) electrons.